The Hall–Kier alpha value is -1.09. The molecular weight excluding hydrogens is 331 g/mol. The lowest BCUT2D eigenvalue weighted by molar-refractivity contribution is 1.37. The number of aryl methyl sites for hydroxylation is 3. The maximum absolute atomic E-state index is 2.38. The molecule has 2 aromatic carbocycles. The Balaban J connectivity index is 2.27. The predicted octanol–water partition coefficient (Wildman–Crippen LogP) is 5.39. The van der Waals surface area contributed by atoms with Crippen LogP contribution in [0.2, 0.25) is 0 Å². The van der Waals surface area contributed by atoms with Crippen LogP contribution in [0.15, 0.2) is 36.4 Å². The van der Waals surface area contributed by atoms with E-state index in [2.05, 4.69) is 91.9 Å². The van der Waals surface area contributed by atoms with E-state index in [0.29, 0.717) is 0 Å². The third-order valence-corrected chi connectivity index (χ3v) is 4.07. The number of halogens is 1. The predicted molar refractivity (Wildman–Crippen MR) is 88.7 cm³/mol. The van der Waals surface area contributed by atoms with Gasteiger partial charge in [0.2, 0.25) is 0 Å². The van der Waals surface area contributed by atoms with Crippen molar-refractivity contribution in [1.82, 2.24) is 0 Å². The van der Waals surface area contributed by atoms with Crippen LogP contribution in [0.3, 0.4) is 0 Å². The van der Waals surface area contributed by atoms with Crippen LogP contribution in [-0.2, 0) is 0 Å². The zero-order valence-corrected chi connectivity index (χ0v) is 13.2. The molecule has 0 atom stereocenters. The molecule has 2 rings (SSSR count). The first-order valence-corrected chi connectivity index (χ1v) is 7.15. The fraction of sp³-hybridized carbons (Fsp3) is 0.176. The molecule has 0 aliphatic heterocycles. The lowest BCUT2D eigenvalue weighted by atomic mass is 10.1. The molecule has 0 spiro atoms. The Morgan fingerprint density at radius 2 is 1.39 bits per heavy atom. The minimum absolute atomic E-state index is 1.25. The fourth-order valence-electron chi connectivity index (χ4n) is 2.01. The number of rotatable bonds is 2. The summed E-state index contributed by atoms with van der Waals surface area (Å²) in [5.41, 5.74) is 6.48. The molecule has 0 heterocycles. The Morgan fingerprint density at radius 1 is 0.778 bits per heavy atom. The molecule has 0 fully saturated rings. The van der Waals surface area contributed by atoms with Gasteiger partial charge in [0.25, 0.3) is 0 Å². The van der Waals surface area contributed by atoms with Gasteiger partial charge in [0.15, 0.2) is 0 Å². The van der Waals surface area contributed by atoms with E-state index in [1.54, 1.807) is 0 Å². The summed E-state index contributed by atoms with van der Waals surface area (Å²) in [6, 6.07) is 13.2. The lowest BCUT2D eigenvalue weighted by Crippen LogP contribution is -1.82. The van der Waals surface area contributed by atoms with Crippen molar-refractivity contribution >= 4 is 34.7 Å². The molecule has 18 heavy (non-hydrogen) atoms. The van der Waals surface area contributed by atoms with Crippen molar-refractivity contribution in [2.75, 3.05) is 0 Å². The summed E-state index contributed by atoms with van der Waals surface area (Å²) in [5, 5.41) is 0. The monoisotopic (exact) mass is 348 g/mol. The molecule has 0 amide bonds. The van der Waals surface area contributed by atoms with Crippen molar-refractivity contribution < 1.29 is 0 Å². The van der Waals surface area contributed by atoms with Crippen LogP contribution in [0.5, 0.6) is 0 Å². The van der Waals surface area contributed by atoms with Gasteiger partial charge in [0.1, 0.15) is 0 Å². The maximum atomic E-state index is 2.38. The summed E-state index contributed by atoms with van der Waals surface area (Å²) in [4.78, 5) is 0. The zero-order valence-electron chi connectivity index (χ0n) is 11.0. The minimum Gasteiger partial charge on any atom is -0.0577 e. The van der Waals surface area contributed by atoms with Crippen LogP contribution < -0.4 is 0 Å². The van der Waals surface area contributed by atoms with Gasteiger partial charge in [-0.1, -0.05) is 53.6 Å². The second kappa shape index (κ2) is 5.70. The Kier molecular flexibility index (Phi) is 4.23. The van der Waals surface area contributed by atoms with Gasteiger partial charge in [-0.25, -0.2) is 0 Å². The van der Waals surface area contributed by atoms with Crippen LogP contribution in [0.1, 0.15) is 27.8 Å². The summed E-state index contributed by atoms with van der Waals surface area (Å²) in [6.45, 7) is 6.41. The van der Waals surface area contributed by atoms with Crippen LogP contribution in [0, 0.1) is 24.3 Å². The van der Waals surface area contributed by atoms with Crippen molar-refractivity contribution in [1.29, 1.82) is 0 Å². The van der Waals surface area contributed by atoms with Crippen molar-refractivity contribution in [3.63, 3.8) is 0 Å². The Bertz CT molecular complexity index is 574. The van der Waals surface area contributed by atoms with E-state index in [0.717, 1.165) is 0 Å². The van der Waals surface area contributed by atoms with Gasteiger partial charge in [-0.2, -0.15) is 0 Å². The van der Waals surface area contributed by atoms with Crippen molar-refractivity contribution in [3.8, 4) is 0 Å². The van der Waals surface area contributed by atoms with Gasteiger partial charge in [0, 0.05) is 3.57 Å². The normalized spacial score (nSPS) is 11.1. The summed E-state index contributed by atoms with van der Waals surface area (Å²) in [7, 11) is 0. The quantitative estimate of drug-likeness (QED) is 0.504. The molecule has 0 saturated carbocycles. The lowest BCUT2D eigenvalue weighted by Gasteiger charge is -2.01. The average molecular weight is 348 g/mol. The van der Waals surface area contributed by atoms with E-state index in [4.69, 9.17) is 0 Å². The van der Waals surface area contributed by atoms with Gasteiger partial charge in [0.05, 0.1) is 0 Å². The van der Waals surface area contributed by atoms with Crippen molar-refractivity contribution in [2.45, 2.75) is 20.8 Å². The first-order chi connectivity index (χ1) is 8.54. The Labute approximate surface area is 123 Å². The fourth-order valence-corrected chi connectivity index (χ4v) is 2.55. The largest absolute Gasteiger partial charge is 0.0577 e. The highest BCUT2D eigenvalue weighted by Gasteiger charge is 1.95. The third-order valence-electron chi connectivity index (χ3n) is 2.91. The Morgan fingerprint density at radius 3 is 2.00 bits per heavy atom. The highest BCUT2D eigenvalue weighted by atomic mass is 127. The molecule has 0 radical (unpaired) electrons. The first-order valence-electron chi connectivity index (χ1n) is 6.07. The number of hydrogen-bond donors (Lipinski definition) is 0. The number of hydrogen-bond acceptors (Lipinski definition) is 0. The van der Waals surface area contributed by atoms with E-state index in [1.807, 2.05) is 0 Å². The van der Waals surface area contributed by atoms with Gasteiger partial charge < -0.3 is 0 Å². The van der Waals surface area contributed by atoms with E-state index in [9.17, 15) is 0 Å². The second-order valence-corrected chi connectivity index (χ2v) is 5.93. The average Bonchev–Trinajstić information content (AvgIpc) is 2.29. The third kappa shape index (κ3) is 3.45. The van der Waals surface area contributed by atoms with Gasteiger partial charge in [-0.05, 0) is 66.1 Å². The molecule has 0 bridgehead atoms. The summed E-state index contributed by atoms with van der Waals surface area (Å²) < 4.78 is 1.31. The van der Waals surface area contributed by atoms with E-state index in [1.165, 1.54) is 31.4 Å². The molecule has 0 saturated heterocycles. The highest BCUT2D eigenvalue weighted by molar-refractivity contribution is 14.1. The second-order valence-electron chi connectivity index (χ2n) is 4.76. The summed E-state index contributed by atoms with van der Waals surface area (Å²) >= 11 is 2.38. The molecule has 92 valence electrons. The van der Waals surface area contributed by atoms with E-state index in [-0.39, 0.29) is 0 Å². The molecular formula is C17H17I. The summed E-state index contributed by atoms with van der Waals surface area (Å²) in [6.07, 6.45) is 4.36. The first kappa shape index (κ1) is 13.3. The topological polar surface area (TPSA) is 0 Å². The van der Waals surface area contributed by atoms with Crippen LogP contribution in [0.4, 0.5) is 0 Å². The van der Waals surface area contributed by atoms with Gasteiger partial charge in [-0.3, -0.25) is 0 Å². The molecule has 1 heteroatoms. The van der Waals surface area contributed by atoms with Gasteiger partial charge in [-0.15, -0.1) is 0 Å². The van der Waals surface area contributed by atoms with Crippen LogP contribution in [0.25, 0.3) is 12.2 Å². The van der Waals surface area contributed by atoms with E-state index < -0.39 is 0 Å². The summed E-state index contributed by atoms with van der Waals surface area (Å²) in [5.74, 6) is 0. The maximum Gasteiger partial charge on any atom is 0.0165 e. The molecule has 0 aliphatic carbocycles. The van der Waals surface area contributed by atoms with Crippen LogP contribution >= 0.6 is 22.6 Å². The molecule has 0 aromatic heterocycles. The van der Waals surface area contributed by atoms with E-state index >= 15 is 0 Å². The standard InChI is InChI=1S/C17H17I/c1-12-8-13(2)10-16(9-12)7-6-15-5-4-14(3)17(18)11-15/h4-11H,1-3H3/b7-6+. The van der Waals surface area contributed by atoms with Gasteiger partial charge >= 0.3 is 0 Å². The minimum atomic E-state index is 1.25. The molecule has 0 N–H and O–H groups in total. The van der Waals surface area contributed by atoms with Crippen molar-refractivity contribution in [2.24, 2.45) is 0 Å². The zero-order chi connectivity index (χ0) is 13.1. The van der Waals surface area contributed by atoms with Crippen LogP contribution in [-0.4, -0.2) is 0 Å². The van der Waals surface area contributed by atoms with Crippen molar-refractivity contribution in [3.05, 3.63) is 67.8 Å². The molecule has 0 nitrogen and oxygen atoms in total. The molecule has 2 aromatic rings. The number of benzene rings is 2. The smallest absolute Gasteiger partial charge is 0.0165 e. The molecule has 0 aliphatic rings. The highest BCUT2D eigenvalue weighted by Crippen LogP contribution is 2.16. The molecule has 0 unspecified atom stereocenters. The SMILES string of the molecule is Cc1cc(C)cc(/C=C/c2ccc(C)c(I)c2)c1.